The lowest BCUT2D eigenvalue weighted by Crippen LogP contribution is -2.39. The molecule has 0 bridgehead atoms. The lowest BCUT2D eigenvalue weighted by atomic mass is 10.2. The predicted molar refractivity (Wildman–Crippen MR) is 74.3 cm³/mol. The first kappa shape index (κ1) is 17.2. The summed E-state index contributed by atoms with van der Waals surface area (Å²) in [5.41, 5.74) is -0.383. The van der Waals surface area contributed by atoms with E-state index in [4.69, 9.17) is 18.5 Å². The summed E-state index contributed by atoms with van der Waals surface area (Å²) in [6.07, 6.45) is 0. The van der Waals surface area contributed by atoms with Crippen LogP contribution in [0.5, 0.6) is 0 Å². The van der Waals surface area contributed by atoms with Crippen LogP contribution in [0.2, 0.25) is 0 Å². The molecule has 1 aliphatic rings. The van der Waals surface area contributed by atoms with Crippen LogP contribution < -0.4 is 0 Å². The summed E-state index contributed by atoms with van der Waals surface area (Å²) in [6.45, 7) is 10.5. The van der Waals surface area contributed by atoms with Gasteiger partial charge in [0, 0.05) is 13.8 Å². The summed E-state index contributed by atoms with van der Waals surface area (Å²) in [5.74, 6) is -1.28. The Morgan fingerprint density at radius 1 is 1.20 bits per heavy atom. The van der Waals surface area contributed by atoms with E-state index in [1.165, 1.54) is 0 Å². The highest BCUT2D eigenvalue weighted by molar-refractivity contribution is 7.54. The first-order valence-corrected chi connectivity index (χ1v) is 8.30. The largest absolute Gasteiger partial charge is 0.456 e. The number of esters is 1. The molecule has 116 valence electrons. The molecule has 1 atom stereocenters. The highest BCUT2D eigenvalue weighted by Gasteiger charge is 2.43. The van der Waals surface area contributed by atoms with E-state index < -0.39 is 25.0 Å². The van der Waals surface area contributed by atoms with E-state index in [1.807, 2.05) is 0 Å². The highest BCUT2D eigenvalue weighted by Crippen LogP contribution is 2.56. The van der Waals surface area contributed by atoms with Crippen LogP contribution >= 0.6 is 7.60 Å². The molecule has 1 rings (SSSR count). The normalized spacial score (nSPS) is 20.4. The van der Waals surface area contributed by atoms with Crippen LogP contribution in [0.25, 0.3) is 0 Å². The maximum absolute atomic E-state index is 12.8. The Morgan fingerprint density at radius 3 is 2.15 bits per heavy atom. The molecule has 1 heterocycles. The van der Waals surface area contributed by atoms with Gasteiger partial charge >= 0.3 is 13.6 Å². The number of carbonyl (C=O) groups excluding carboxylic acids is 1. The van der Waals surface area contributed by atoms with E-state index in [0.717, 1.165) is 0 Å². The van der Waals surface area contributed by atoms with Gasteiger partial charge in [-0.1, -0.05) is 0 Å². The summed E-state index contributed by atoms with van der Waals surface area (Å²) < 4.78 is 34.1. The molecular formula is C13H23O6P. The Labute approximate surface area is 120 Å². The van der Waals surface area contributed by atoms with Crippen LogP contribution in [0.4, 0.5) is 0 Å². The van der Waals surface area contributed by atoms with Gasteiger partial charge in [-0.3, -0.25) is 4.57 Å². The smallest absolute Gasteiger partial charge is 0.340 e. The van der Waals surface area contributed by atoms with Crippen LogP contribution in [0.1, 0.15) is 41.5 Å². The molecule has 7 heteroatoms. The molecule has 6 nitrogen and oxygen atoms in total. The average molecular weight is 306 g/mol. The SMILES string of the molecule is CCOP(=O)(OCC)C(C)C1=C(C)C(=O)OC(C)(C)O1. The highest BCUT2D eigenvalue weighted by atomic mass is 31.2. The van der Waals surface area contributed by atoms with Crippen molar-refractivity contribution >= 4 is 13.6 Å². The van der Waals surface area contributed by atoms with Crippen molar-refractivity contribution in [3.63, 3.8) is 0 Å². The molecule has 0 N–H and O–H groups in total. The standard InChI is InChI=1S/C13H23O6P/c1-7-16-20(15,17-8-2)10(4)11-9(3)12(14)19-13(5,6)18-11/h10H,7-8H2,1-6H3. The second-order valence-electron chi connectivity index (χ2n) is 4.93. The Morgan fingerprint density at radius 2 is 1.70 bits per heavy atom. The molecule has 0 saturated heterocycles. The fraction of sp³-hybridized carbons (Fsp3) is 0.769. The zero-order chi connectivity index (χ0) is 15.6. The van der Waals surface area contributed by atoms with E-state index in [0.29, 0.717) is 5.76 Å². The van der Waals surface area contributed by atoms with Gasteiger partial charge in [0.05, 0.1) is 18.8 Å². The van der Waals surface area contributed by atoms with E-state index >= 15 is 0 Å². The number of carbonyl (C=O) groups is 1. The van der Waals surface area contributed by atoms with Gasteiger partial charge in [-0.05, 0) is 27.7 Å². The van der Waals surface area contributed by atoms with Crippen LogP contribution in [0.15, 0.2) is 11.3 Å². The van der Waals surface area contributed by atoms with Crippen LogP contribution in [-0.2, 0) is 27.9 Å². The van der Waals surface area contributed by atoms with Crippen molar-refractivity contribution in [2.75, 3.05) is 13.2 Å². The Balaban J connectivity index is 3.16. The third kappa shape index (κ3) is 3.62. The van der Waals surface area contributed by atoms with Crippen LogP contribution in [-0.4, -0.2) is 30.6 Å². The topological polar surface area (TPSA) is 71.1 Å². The molecule has 0 amide bonds. The lowest BCUT2D eigenvalue weighted by Gasteiger charge is -2.36. The van der Waals surface area contributed by atoms with Crippen molar-refractivity contribution in [1.82, 2.24) is 0 Å². The number of ether oxygens (including phenoxy) is 2. The van der Waals surface area contributed by atoms with Gasteiger partial charge in [0.2, 0.25) is 5.79 Å². The monoisotopic (exact) mass is 306 g/mol. The molecule has 0 aromatic heterocycles. The van der Waals surface area contributed by atoms with Gasteiger partial charge < -0.3 is 18.5 Å². The Kier molecular flexibility index (Phi) is 5.41. The van der Waals surface area contributed by atoms with E-state index in [2.05, 4.69) is 0 Å². The van der Waals surface area contributed by atoms with Gasteiger partial charge in [0.1, 0.15) is 11.4 Å². The fourth-order valence-electron chi connectivity index (χ4n) is 1.93. The number of allylic oxidation sites excluding steroid dienone is 1. The second kappa shape index (κ2) is 6.29. The van der Waals surface area contributed by atoms with Crippen molar-refractivity contribution < 1.29 is 27.9 Å². The summed E-state index contributed by atoms with van der Waals surface area (Å²) >= 11 is 0. The first-order valence-electron chi connectivity index (χ1n) is 6.68. The third-order valence-corrected chi connectivity index (χ3v) is 5.26. The van der Waals surface area contributed by atoms with Gasteiger partial charge in [-0.2, -0.15) is 0 Å². The van der Waals surface area contributed by atoms with Gasteiger partial charge in [-0.15, -0.1) is 0 Å². The van der Waals surface area contributed by atoms with Gasteiger partial charge in [0.15, 0.2) is 0 Å². The number of hydrogen-bond acceptors (Lipinski definition) is 6. The Bertz CT molecular complexity index is 444. The maximum Gasteiger partial charge on any atom is 0.340 e. The van der Waals surface area contributed by atoms with E-state index in [-0.39, 0.29) is 18.8 Å². The minimum absolute atomic E-state index is 0.252. The molecule has 1 aliphatic heterocycles. The zero-order valence-corrected chi connectivity index (χ0v) is 13.8. The predicted octanol–water partition coefficient (Wildman–Crippen LogP) is 3.22. The summed E-state index contributed by atoms with van der Waals surface area (Å²) in [6, 6.07) is 0. The molecule has 0 aromatic carbocycles. The molecule has 0 spiro atoms. The van der Waals surface area contributed by atoms with Crippen LogP contribution in [0.3, 0.4) is 0 Å². The lowest BCUT2D eigenvalue weighted by molar-refractivity contribution is -0.208. The molecule has 0 saturated carbocycles. The summed E-state index contributed by atoms with van der Waals surface area (Å²) in [5, 5.41) is 0. The molecule has 0 aliphatic carbocycles. The minimum atomic E-state index is -3.39. The number of rotatable bonds is 6. The maximum atomic E-state index is 12.8. The molecule has 0 fully saturated rings. The number of cyclic esters (lactones) is 1. The third-order valence-electron chi connectivity index (χ3n) is 2.84. The zero-order valence-electron chi connectivity index (χ0n) is 12.9. The molecule has 0 radical (unpaired) electrons. The fourth-order valence-corrected chi connectivity index (χ4v) is 3.70. The van der Waals surface area contributed by atoms with Crippen molar-refractivity contribution in [2.24, 2.45) is 0 Å². The quantitative estimate of drug-likeness (QED) is 0.554. The van der Waals surface area contributed by atoms with Crippen LogP contribution in [0, 0.1) is 0 Å². The van der Waals surface area contributed by atoms with Crippen molar-refractivity contribution in [3.05, 3.63) is 11.3 Å². The van der Waals surface area contributed by atoms with Gasteiger partial charge in [0.25, 0.3) is 0 Å². The van der Waals surface area contributed by atoms with Gasteiger partial charge in [-0.25, -0.2) is 4.79 Å². The molecule has 0 aromatic rings. The first-order chi connectivity index (χ1) is 9.17. The summed E-state index contributed by atoms with van der Waals surface area (Å²) in [4.78, 5) is 11.8. The van der Waals surface area contributed by atoms with E-state index in [9.17, 15) is 9.36 Å². The molecular weight excluding hydrogens is 283 g/mol. The Hall–Kier alpha value is -0.840. The van der Waals surface area contributed by atoms with Crippen molar-refractivity contribution in [2.45, 2.75) is 53.0 Å². The van der Waals surface area contributed by atoms with Crippen molar-refractivity contribution in [1.29, 1.82) is 0 Å². The van der Waals surface area contributed by atoms with E-state index in [1.54, 1.807) is 41.5 Å². The van der Waals surface area contributed by atoms with Crippen molar-refractivity contribution in [3.8, 4) is 0 Å². The molecule has 1 unspecified atom stereocenters. The summed E-state index contributed by atoms with van der Waals surface area (Å²) in [7, 11) is -3.39. The average Bonchev–Trinajstić information content (AvgIpc) is 2.33. The number of hydrogen-bond donors (Lipinski definition) is 0. The molecule has 20 heavy (non-hydrogen) atoms. The second-order valence-corrected chi connectivity index (χ2v) is 7.30. The minimum Gasteiger partial charge on any atom is -0.456 e.